The Bertz CT molecular complexity index is 717. The molecule has 0 radical (unpaired) electrons. The molecular formula is C20H26N2O4. The third-order valence-electron chi connectivity index (χ3n) is 3.61. The van der Waals surface area contributed by atoms with Crippen LogP contribution in [0.1, 0.15) is 25.0 Å². The van der Waals surface area contributed by atoms with Crippen LogP contribution in [-0.2, 0) is 16.0 Å². The number of carbonyl (C=O) groups excluding carboxylic acids is 1. The SMILES string of the molecule is CCc1cccc(C)c1N[C@@H](C)C(=O)O.NCC(=O)Oc1ccccc1. The number of rotatable bonds is 6. The van der Waals surface area contributed by atoms with E-state index < -0.39 is 18.0 Å². The highest BCUT2D eigenvalue weighted by Gasteiger charge is 2.13. The maximum atomic E-state index is 10.8. The summed E-state index contributed by atoms with van der Waals surface area (Å²) < 4.78 is 4.80. The first-order chi connectivity index (χ1) is 12.4. The Balaban J connectivity index is 0.000000273. The molecular weight excluding hydrogens is 332 g/mol. The lowest BCUT2D eigenvalue weighted by atomic mass is 10.1. The van der Waals surface area contributed by atoms with Crippen molar-refractivity contribution < 1.29 is 19.4 Å². The third kappa shape index (κ3) is 6.94. The Morgan fingerprint density at radius 3 is 2.35 bits per heavy atom. The van der Waals surface area contributed by atoms with Gasteiger partial charge in [-0.25, -0.2) is 0 Å². The Labute approximate surface area is 154 Å². The zero-order chi connectivity index (χ0) is 19.5. The van der Waals surface area contributed by atoms with E-state index in [1.54, 1.807) is 31.2 Å². The van der Waals surface area contributed by atoms with Crippen LogP contribution in [0.25, 0.3) is 0 Å². The van der Waals surface area contributed by atoms with Crippen LogP contribution in [0.3, 0.4) is 0 Å². The summed E-state index contributed by atoms with van der Waals surface area (Å²) in [6, 6.07) is 14.3. The molecule has 0 bridgehead atoms. The summed E-state index contributed by atoms with van der Waals surface area (Å²) in [5, 5.41) is 11.9. The van der Waals surface area contributed by atoms with Crippen molar-refractivity contribution in [3.05, 3.63) is 59.7 Å². The number of hydrogen-bond donors (Lipinski definition) is 3. The van der Waals surface area contributed by atoms with Gasteiger partial charge in [0.1, 0.15) is 11.8 Å². The number of carbonyl (C=O) groups is 2. The lowest BCUT2D eigenvalue weighted by Gasteiger charge is -2.16. The first-order valence-corrected chi connectivity index (χ1v) is 8.42. The van der Waals surface area contributed by atoms with Gasteiger partial charge in [0, 0.05) is 5.69 Å². The normalized spacial score (nSPS) is 10.9. The standard InChI is InChI=1S/C12H17NO2.C8H9NO2/c1-4-10-7-5-6-8(2)11(10)13-9(3)12(14)15;9-6-8(10)11-7-4-2-1-3-5-7/h5-7,9,13H,4H2,1-3H3,(H,14,15);1-5H,6,9H2/t9-;/m0./s1. The summed E-state index contributed by atoms with van der Waals surface area (Å²) in [6.45, 7) is 5.60. The third-order valence-corrected chi connectivity index (χ3v) is 3.61. The summed E-state index contributed by atoms with van der Waals surface area (Å²) in [6.07, 6.45) is 0.899. The molecule has 4 N–H and O–H groups in total. The molecule has 6 heteroatoms. The van der Waals surface area contributed by atoms with E-state index in [4.69, 9.17) is 15.6 Å². The molecule has 140 valence electrons. The van der Waals surface area contributed by atoms with E-state index in [0.29, 0.717) is 5.75 Å². The van der Waals surface area contributed by atoms with Crippen molar-refractivity contribution in [3.63, 3.8) is 0 Å². The van der Waals surface area contributed by atoms with Crippen LogP contribution >= 0.6 is 0 Å². The van der Waals surface area contributed by atoms with E-state index >= 15 is 0 Å². The summed E-state index contributed by atoms with van der Waals surface area (Å²) in [4.78, 5) is 21.4. The molecule has 0 aliphatic rings. The molecule has 0 heterocycles. The second-order valence-corrected chi connectivity index (χ2v) is 5.66. The molecule has 0 spiro atoms. The number of ether oxygens (including phenoxy) is 1. The zero-order valence-electron chi connectivity index (χ0n) is 15.4. The predicted molar refractivity (Wildman–Crippen MR) is 102 cm³/mol. The summed E-state index contributed by atoms with van der Waals surface area (Å²) in [5.74, 6) is -0.723. The maximum Gasteiger partial charge on any atom is 0.325 e. The van der Waals surface area contributed by atoms with Gasteiger partial charge in [0.05, 0.1) is 6.54 Å². The van der Waals surface area contributed by atoms with E-state index in [1.165, 1.54) is 0 Å². The van der Waals surface area contributed by atoms with Gasteiger partial charge in [-0.3, -0.25) is 9.59 Å². The molecule has 2 aromatic carbocycles. The number of hydrogen-bond acceptors (Lipinski definition) is 5. The van der Waals surface area contributed by atoms with Crippen molar-refractivity contribution in [1.29, 1.82) is 0 Å². The van der Waals surface area contributed by atoms with Crippen LogP contribution in [0.4, 0.5) is 5.69 Å². The molecule has 0 saturated carbocycles. The van der Waals surface area contributed by atoms with Crippen molar-refractivity contribution in [2.75, 3.05) is 11.9 Å². The number of nitrogens with two attached hydrogens (primary N) is 1. The lowest BCUT2D eigenvalue weighted by molar-refractivity contribution is -0.137. The van der Waals surface area contributed by atoms with Crippen LogP contribution in [0.2, 0.25) is 0 Å². The van der Waals surface area contributed by atoms with Gasteiger partial charge < -0.3 is 20.9 Å². The first kappa shape index (κ1) is 21.2. The van der Waals surface area contributed by atoms with Gasteiger partial charge in [0.25, 0.3) is 0 Å². The van der Waals surface area contributed by atoms with Crippen LogP contribution in [0.5, 0.6) is 5.75 Å². The Morgan fingerprint density at radius 1 is 1.15 bits per heavy atom. The number of esters is 1. The van der Waals surface area contributed by atoms with E-state index in [2.05, 4.69) is 12.2 Å². The largest absolute Gasteiger partial charge is 0.480 e. The quantitative estimate of drug-likeness (QED) is 0.542. The van der Waals surface area contributed by atoms with Gasteiger partial charge in [-0.2, -0.15) is 0 Å². The van der Waals surface area contributed by atoms with E-state index in [9.17, 15) is 9.59 Å². The lowest BCUT2D eigenvalue weighted by Crippen LogP contribution is -2.26. The molecule has 0 aliphatic carbocycles. The fourth-order valence-corrected chi connectivity index (χ4v) is 2.17. The summed E-state index contributed by atoms with van der Waals surface area (Å²) in [7, 11) is 0. The smallest absolute Gasteiger partial charge is 0.325 e. The number of aryl methyl sites for hydroxylation is 2. The predicted octanol–water partition coefficient (Wildman–Crippen LogP) is 2.99. The Hall–Kier alpha value is -2.86. The van der Waals surface area contributed by atoms with Gasteiger partial charge in [-0.05, 0) is 43.5 Å². The Kier molecular flexibility index (Phi) is 8.87. The molecule has 1 atom stereocenters. The number of benzene rings is 2. The van der Waals surface area contributed by atoms with E-state index in [1.807, 2.05) is 31.2 Å². The van der Waals surface area contributed by atoms with Crippen molar-refractivity contribution in [1.82, 2.24) is 0 Å². The van der Waals surface area contributed by atoms with Crippen LogP contribution in [-0.4, -0.2) is 29.6 Å². The second-order valence-electron chi connectivity index (χ2n) is 5.66. The fourth-order valence-electron chi connectivity index (χ4n) is 2.17. The average molecular weight is 358 g/mol. The molecule has 0 unspecified atom stereocenters. The second kappa shape index (κ2) is 10.9. The van der Waals surface area contributed by atoms with Gasteiger partial charge in [-0.15, -0.1) is 0 Å². The molecule has 0 saturated heterocycles. The molecule has 6 nitrogen and oxygen atoms in total. The summed E-state index contributed by atoms with van der Waals surface area (Å²) >= 11 is 0. The van der Waals surface area contributed by atoms with Crippen molar-refractivity contribution in [3.8, 4) is 5.75 Å². The number of carboxylic acid groups (broad SMARTS) is 1. The number of aliphatic carboxylic acids is 1. The molecule has 2 rings (SSSR count). The molecule has 0 amide bonds. The van der Waals surface area contributed by atoms with Crippen LogP contribution in [0.15, 0.2) is 48.5 Å². The minimum atomic E-state index is -0.833. The monoisotopic (exact) mass is 358 g/mol. The van der Waals surface area contributed by atoms with Crippen LogP contribution in [0, 0.1) is 6.92 Å². The van der Waals surface area contributed by atoms with Gasteiger partial charge in [0.2, 0.25) is 0 Å². The fraction of sp³-hybridized carbons (Fsp3) is 0.300. The van der Waals surface area contributed by atoms with Crippen LogP contribution < -0.4 is 15.8 Å². The van der Waals surface area contributed by atoms with Crippen molar-refractivity contribution in [2.45, 2.75) is 33.2 Å². The highest BCUT2D eigenvalue weighted by Crippen LogP contribution is 2.21. The minimum Gasteiger partial charge on any atom is -0.480 e. The Morgan fingerprint density at radius 2 is 1.81 bits per heavy atom. The minimum absolute atomic E-state index is 0.0884. The molecule has 0 aromatic heterocycles. The van der Waals surface area contributed by atoms with Gasteiger partial charge >= 0.3 is 11.9 Å². The van der Waals surface area contributed by atoms with Crippen molar-refractivity contribution in [2.24, 2.45) is 5.73 Å². The molecule has 0 fully saturated rings. The van der Waals surface area contributed by atoms with E-state index in [-0.39, 0.29) is 6.54 Å². The molecule has 2 aromatic rings. The van der Waals surface area contributed by atoms with Gasteiger partial charge in [0.15, 0.2) is 0 Å². The summed E-state index contributed by atoms with van der Waals surface area (Å²) in [5.41, 5.74) is 8.24. The number of anilines is 1. The highest BCUT2D eigenvalue weighted by atomic mass is 16.5. The zero-order valence-corrected chi connectivity index (χ0v) is 15.4. The highest BCUT2D eigenvalue weighted by molar-refractivity contribution is 5.77. The number of nitrogens with one attached hydrogen (secondary N) is 1. The maximum absolute atomic E-state index is 10.8. The number of para-hydroxylation sites is 2. The van der Waals surface area contributed by atoms with E-state index in [0.717, 1.165) is 23.2 Å². The first-order valence-electron chi connectivity index (χ1n) is 8.42. The van der Waals surface area contributed by atoms with Crippen molar-refractivity contribution >= 4 is 17.6 Å². The van der Waals surface area contributed by atoms with Gasteiger partial charge in [-0.1, -0.05) is 43.3 Å². The average Bonchev–Trinajstić information content (AvgIpc) is 2.64. The topological polar surface area (TPSA) is 102 Å². The molecule has 0 aliphatic heterocycles. The number of carboxylic acids is 1. The molecule has 26 heavy (non-hydrogen) atoms.